The van der Waals surface area contributed by atoms with Gasteiger partial charge in [-0.05, 0) is 87.2 Å². The van der Waals surface area contributed by atoms with Crippen molar-refractivity contribution in [1.29, 1.82) is 0 Å². The molecule has 1 saturated heterocycles. The third kappa shape index (κ3) is 5.55. The summed E-state index contributed by atoms with van der Waals surface area (Å²) >= 11 is 0. The molecule has 36 heavy (non-hydrogen) atoms. The molecular formula is C28H35CoFN3O3-. The van der Waals surface area contributed by atoms with E-state index in [0.717, 1.165) is 55.9 Å². The first-order valence-electron chi connectivity index (χ1n) is 13.1. The summed E-state index contributed by atoms with van der Waals surface area (Å²) < 4.78 is 18.3. The Labute approximate surface area is 222 Å². The number of benzene rings is 1. The number of likely N-dealkylation sites (tertiary alicyclic amines) is 1. The number of amides is 2. The van der Waals surface area contributed by atoms with Crippen molar-refractivity contribution in [2.45, 2.75) is 76.3 Å². The van der Waals surface area contributed by atoms with Gasteiger partial charge >= 0.3 is 0 Å². The summed E-state index contributed by atoms with van der Waals surface area (Å²) in [5, 5.41) is 3.94. The van der Waals surface area contributed by atoms with Gasteiger partial charge in [-0.3, -0.25) is 9.59 Å². The maximum absolute atomic E-state index is 13.7. The largest absolute Gasteiger partial charge is 0.591 e. The summed E-state index contributed by atoms with van der Waals surface area (Å²) in [6.45, 7) is 0.0621. The number of halogens is 1. The number of hydrogen-bond donors (Lipinski definition) is 2. The molecule has 5 rings (SSSR count). The van der Waals surface area contributed by atoms with E-state index in [0.29, 0.717) is 30.7 Å². The monoisotopic (exact) mass is 539 g/mol. The number of carbonyl (C=O) groups is 2. The molecule has 6 nitrogen and oxygen atoms in total. The molecule has 2 aromatic rings. The number of rotatable bonds is 5. The third-order valence-corrected chi connectivity index (χ3v) is 8.27. The number of furan rings is 1. The molecule has 1 radical (unpaired) electrons. The van der Waals surface area contributed by atoms with Gasteiger partial charge in [-0.15, -0.1) is 11.5 Å². The van der Waals surface area contributed by atoms with Crippen molar-refractivity contribution in [3.8, 4) is 0 Å². The van der Waals surface area contributed by atoms with Crippen LogP contribution in [0, 0.1) is 18.1 Å². The van der Waals surface area contributed by atoms with Crippen LogP contribution < -0.4 is 11.1 Å². The van der Waals surface area contributed by atoms with Gasteiger partial charge in [0, 0.05) is 41.0 Å². The average molecular weight is 540 g/mol. The smallest absolute Gasteiger partial charge is 0.251 e. The second-order valence-corrected chi connectivity index (χ2v) is 10.4. The number of nitrogens with zero attached hydrogens (tertiary/aromatic N) is 1. The van der Waals surface area contributed by atoms with Crippen LogP contribution >= 0.6 is 0 Å². The standard InChI is InChI=1S/C28H35FN3O3.Co/c29-17-24(30)19-6-8-20(9-7-19)28(34)32-14-12-23(18-4-2-1-3-5-18)26(32)27(33)31-22-10-11-25-21(16-22)13-15-35-25;/h10-11,13,16,19-20,24,26H,1-9,12,14,17,30H2,(H,31,33);/q-1;/t19?,20?,24-,26+;/m1./s1. The molecule has 2 heterocycles. The van der Waals surface area contributed by atoms with Crippen LogP contribution in [0.3, 0.4) is 0 Å². The molecule has 1 aliphatic heterocycles. The maximum Gasteiger partial charge on any atom is 0.251 e. The first kappa shape index (κ1) is 26.9. The number of nitrogens with two attached hydrogens (primary N) is 1. The Morgan fingerprint density at radius 3 is 2.61 bits per heavy atom. The van der Waals surface area contributed by atoms with Crippen molar-refractivity contribution >= 4 is 28.5 Å². The summed E-state index contributed by atoms with van der Waals surface area (Å²) in [4.78, 5) is 29.2. The van der Waals surface area contributed by atoms with E-state index < -0.39 is 18.8 Å². The Hall–Kier alpha value is -2.16. The van der Waals surface area contributed by atoms with Crippen molar-refractivity contribution in [2.24, 2.45) is 17.6 Å². The zero-order valence-corrected chi connectivity index (χ0v) is 21.6. The summed E-state index contributed by atoms with van der Waals surface area (Å²) in [5.41, 5.74) is 9.82. The van der Waals surface area contributed by atoms with E-state index in [1.54, 1.807) is 6.07 Å². The minimum atomic E-state index is -0.562. The number of allylic oxidation sites excluding steroid dienone is 1. The first-order valence-corrected chi connectivity index (χ1v) is 13.1. The zero-order chi connectivity index (χ0) is 24.4. The van der Waals surface area contributed by atoms with E-state index >= 15 is 0 Å². The second kappa shape index (κ2) is 11.9. The van der Waals surface area contributed by atoms with Crippen LogP contribution in [0.4, 0.5) is 10.1 Å². The van der Waals surface area contributed by atoms with Crippen molar-refractivity contribution < 1.29 is 35.2 Å². The topological polar surface area (TPSA) is 88.6 Å². The Bertz CT molecular complexity index is 1100. The van der Waals surface area contributed by atoms with Gasteiger partial charge in [0.2, 0.25) is 5.91 Å². The van der Waals surface area contributed by atoms with Crippen molar-refractivity contribution in [3.05, 3.63) is 41.7 Å². The van der Waals surface area contributed by atoms with Gasteiger partial charge < -0.3 is 20.4 Å². The van der Waals surface area contributed by atoms with E-state index in [4.69, 9.17) is 10.2 Å². The van der Waals surface area contributed by atoms with Gasteiger partial charge in [-0.25, -0.2) is 4.39 Å². The van der Waals surface area contributed by atoms with Crippen LogP contribution in [-0.2, 0) is 26.4 Å². The van der Waals surface area contributed by atoms with Gasteiger partial charge in [0.25, 0.3) is 5.91 Å². The van der Waals surface area contributed by atoms with Crippen LogP contribution in [0.15, 0.2) is 39.8 Å². The fourth-order valence-corrected chi connectivity index (χ4v) is 6.26. The molecule has 1 aromatic carbocycles. The van der Waals surface area contributed by atoms with E-state index in [1.165, 1.54) is 12.0 Å². The van der Waals surface area contributed by atoms with E-state index in [1.807, 2.05) is 23.1 Å². The molecule has 2 saturated carbocycles. The van der Waals surface area contributed by atoms with Crippen LogP contribution in [0.25, 0.3) is 11.0 Å². The Balaban J connectivity index is 0.00000304. The number of alkyl halides is 1. The SMILES string of the molecule is N[C@H](CF)C1CCC(C(=O)N2CCC(=C3CCCCC3)[C@H]2C(=O)Nc2ccc3o[c-]cc3c2)CC1.[Co]. The minimum absolute atomic E-state index is 0. The molecule has 3 aliphatic rings. The second-order valence-electron chi connectivity index (χ2n) is 10.4. The number of hydrogen-bond acceptors (Lipinski definition) is 4. The first-order chi connectivity index (χ1) is 17.0. The van der Waals surface area contributed by atoms with Crippen LogP contribution in [-0.4, -0.2) is 42.0 Å². The fourth-order valence-electron chi connectivity index (χ4n) is 6.26. The molecule has 8 heteroatoms. The molecule has 3 N–H and O–H groups in total. The molecule has 2 atom stereocenters. The molecule has 2 amide bonds. The minimum Gasteiger partial charge on any atom is -0.591 e. The maximum atomic E-state index is 13.7. The van der Waals surface area contributed by atoms with Gasteiger partial charge in [-0.1, -0.05) is 24.1 Å². The number of nitrogens with one attached hydrogen (secondary N) is 1. The quantitative estimate of drug-likeness (QED) is 0.407. The van der Waals surface area contributed by atoms with Gasteiger partial charge in [0.15, 0.2) is 0 Å². The summed E-state index contributed by atoms with van der Waals surface area (Å²) in [5.74, 6) is -0.0776. The summed E-state index contributed by atoms with van der Waals surface area (Å²) in [7, 11) is 0. The fraction of sp³-hybridized carbons (Fsp3) is 0.571. The summed E-state index contributed by atoms with van der Waals surface area (Å²) in [6, 6.07) is 6.26. The average Bonchev–Trinajstić information content (AvgIpc) is 3.55. The number of fused-ring (bicyclic) bond motifs is 1. The molecule has 3 fully saturated rings. The van der Waals surface area contributed by atoms with Crippen LogP contribution in [0.5, 0.6) is 0 Å². The van der Waals surface area contributed by atoms with Crippen molar-refractivity contribution in [1.82, 2.24) is 4.90 Å². The predicted octanol–water partition coefficient (Wildman–Crippen LogP) is 5.13. The summed E-state index contributed by atoms with van der Waals surface area (Å²) in [6.07, 6.45) is 12.0. The molecule has 197 valence electrons. The molecule has 0 bridgehead atoms. The van der Waals surface area contributed by atoms with Crippen LogP contribution in [0.2, 0.25) is 0 Å². The van der Waals surface area contributed by atoms with Gasteiger partial charge in [-0.2, -0.15) is 0 Å². The number of carbonyl (C=O) groups excluding carboxylic acids is 2. The van der Waals surface area contributed by atoms with E-state index in [2.05, 4.69) is 11.6 Å². The predicted molar refractivity (Wildman–Crippen MR) is 133 cm³/mol. The third-order valence-electron chi connectivity index (χ3n) is 8.27. The van der Waals surface area contributed by atoms with Gasteiger partial charge in [0.1, 0.15) is 12.7 Å². The molecule has 0 spiro atoms. The molecule has 0 unspecified atom stereocenters. The molecule has 2 aliphatic carbocycles. The molecule has 1 aromatic heterocycles. The zero-order valence-electron chi connectivity index (χ0n) is 20.6. The van der Waals surface area contributed by atoms with Crippen molar-refractivity contribution in [3.63, 3.8) is 0 Å². The Morgan fingerprint density at radius 1 is 1.14 bits per heavy atom. The van der Waals surface area contributed by atoms with E-state index in [-0.39, 0.29) is 40.4 Å². The van der Waals surface area contributed by atoms with Crippen molar-refractivity contribution in [2.75, 3.05) is 18.5 Å². The van der Waals surface area contributed by atoms with Gasteiger partial charge in [0.05, 0.1) is 0 Å². The normalized spacial score (nSPS) is 25.5. The Morgan fingerprint density at radius 2 is 1.89 bits per heavy atom. The number of anilines is 1. The van der Waals surface area contributed by atoms with Crippen LogP contribution in [0.1, 0.15) is 64.2 Å². The van der Waals surface area contributed by atoms with E-state index in [9.17, 15) is 14.0 Å². The molecular weight excluding hydrogens is 504 g/mol. The Kier molecular flexibility index (Phi) is 8.90.